The minimum absolute atomic E-state index is 0.00118. The van der Waals surface area contributed by atoms with E-state index in [9.17, 15) is 24.0 Å². The van der Waals surface area contributed by atoms with Crippen LogP contribution in [0.25, 0.3) is 0 Å². The van der Waals surface area contributed by atoms with Crippen LogP contribution < -0.4 is 0 Å². The largest absolute Gasteiger partial charge is 0.459 e. The molecule has 28 saturated carbocycles. The summed E-state index contributed by atoms with van der Waals surface area (Å²) >= 11 is 0. The van der Waals surface area contributed by atoms with Crippen molar-refractivity contribution in [3.63, 3.8) is 0 Å². The summed E-state index contributed by atoms with van der Waals surface area (Å²) in [5.74, 6) is 41.6. The third-order valence-electron chi connectivity index (χ3n) is 47.5. The van der Waals surface area contributed by atoms with E-state index >= 15 is 0 Å². The van der Waals surface area contributed by atoms with Crippen molar-refractivity contribution >= 4 is 29.8 Å². The van der Waals surface area contributed by atoms with Crippen LogP contribution >= 0.6 is 0 Å². The molecule has 1 aliphatic heterocycles. The van der Waals surface area contributed by atoms with E-state index in [1.165, 1.54) is 141 Å². The molecule has 47 unspecified atom stereocenters. The zero-order valence-electron chi connectivity index (χ0n) is 76.6. The number of rotatable bonds is 13. The number of hydrogen-bond acceptors (Lipinski definition) is 13. The van der Waals surface area contributed by atoms with Crippen molar-refractivity contribution in [2.24, 2.45) is 308 Å². The van der Waals surface area contributed by atoms with Gasteiger partial charge in [-0.15, -0.1) is 0 Å². The first-order valence-electron chi connectivity index (χ1n) is 52.5. The minimum Gasteiger partial charge on any atom is -0.459 e. The van der Waals surface area contributed by atoms with Gasteiger partial charge in [0.25, 0.3) is 0 Å². The van der Waals surface area contributed by atoms with Crippen molar-refractivity contribution in [2.45, 2.75) is 300 Å². The Labute approximate surface area is 722 Å². The van der Waals surface area contributed by atoms with Crippen molar-refractivity contribution in [3.8, 4) is 0 Å². The highest BCUT2D eigenvalue weighted by molar-refractivity contribution is 5.76. The first-order chi connectivity index (χ1) is 57.8. The van der Waals surface area contributed by atoms with E-state index in [1.807, 2.05) is 13.8 Å². The number of ether oxygens (including phenoxy) is 8. The zero-order chi connectivity index (χ0) is 82.3. The number of esters is 5. The van der Waals surface area contributed by atoms with Crippen molar-refractivity contribution in [3.05, 3.63) is 0 Å². The van der Waals surface area contributed by atoms with E-state index < -0.39 is 6.29 Å². The van der Waals surface area contributed by atoms with Gasteiger partial charge in [0.15, 0.2) is 13.1 Å². The molecule has 0 radical (unpaired) electrons. The molecule has 0 spiro atoms. The number of carbonyl (C=O) groups excluding carboxylic acids is 5. The third kappa shape index (κ3) is 12.3. The van der Waals surface area contributed by atoms with Crippen molar-refractivity contribution < 1.29 is 61.9 Å². The quantitative estimate of drug-likeness (QED) is 0.0743. The predicted molar refractivity (Wildman–Crippen MR) is 456 cm³/mol. The molecule has 0 aromatic heterocycles. The highest BCUT2D eigenvalue weighted by atomic mass is 16.7. The number of fused-ring (bicyclic) bond motifs is 45. The highest BCUT2D eigenvalue weighted by Crippen LogP contribution is 2.78. The maximum atomic E-state index is 13.6. The maximum absolute atomic E-state index is 13.6. The Morgan fingerprint density at radius 1 is 0.350 bits per heavy atom. The van der Waals surface area contributed by atoms with Gasteiger partial charge in [0.1, 0.15) is 11.2 Å². The van der Waals surface area contributed by atoms with Gasteiger partial charge in [0, 0.05) is 20.1 Å². The maximum Gasteiger partial charge on any atom is 0.311 e. The Hall–Kier alpha value is -2.77. The summed E-state index contributed by atoms with van der Waals surface area (Å²) in [7, 11) is 1.57. The van der Waals surface area contributed by atoms with E-state index in [-0.39, 0.29) is 83.7 Å². The monoisotopic (exact) mass is 1650 g/mol. The van der Waals surface area contributed by atoms with Gasteiger partial charge < -0.3 is 37.9 Å². The normalized spacial score (nSPS) is 59.5. The van der Waals surface area contributed by atoms with Crippen molar-refractivity contribution in [1.29, 1.82) is 0 Å². The Morgan fingerprint density at radius 2 is 0.667 bits per heavy atom. The van der Waals surface area contributed by atoms with Crippen LogP contribution in [-0.2, 0) is 61.9 Å². The Bertz CT molecular complexity index is 3830. The van der Waals surface area contributed by atoms with Crippen molar-refractivity contribution in [1.82, 2.24) is 0 Å². The lowest BCUT2D eigenvalue weighted by molar-refractivity contribution is -0.209. The smallest absolute Gasteiger partial charge is 0.311 e. The number of carbonyl (C=O) groups is 5. The summed E-state index contributed by atoms with van der Waals surface area (Å²) < 4.78 is 45.5. The lowest BCUT2D eigenvalue weighted by Gasteiger charge is -2.59. The van der Waals surface area contributed by atoms with Crippen LogP contribution in [0.15, 0.2) is 0 Å². The van der Waals surface area contributed by atoms with Crippen LogP contribution in [0.3, 0.4) is 0 Å². The van der Waals surface area contributed by atoms with Gasteiger partial charge in [-0.2, -0.15) is 0 Å². The molecule has 1 saturated heterocycles. The van der Waals surface area contributed by atoms with Gasteiger partial charge in [0.05, 0.1) is 36.2 Å². The summed E-state index contributed by atoms with van der Waals surface area (Å²) in [6.07, 6.45) is 36.5. The number of methoxy groups -OCH3 is 1. The summed E-state index contributed by atoms with van der Waals surface area (Å²) in [6.45, 7) is 32.3. The van der Waals surface area contributed by atoms with E-state index in [1.54, 1.807) is 7.11 Å². The van der Waals surface area contributed by atoms with Crippen LogP contribution in [0.1, 0.15) is 276 Å². The van der Waals surface area contributed by atoms with Gasteiger partial charge in [0.2, 0.25) is 6.29 Å². The molecule has 47 atom stereocenters. The summed E-state index contributed by atoms with van der Waals surface area (Å²) in [5, 5.41) is 0. The fourth-order valence-electron chi connectivity index (χ4n) is 43.3. The lowest BCUT2D eigenvalue weighted by Crippen LogP contribution is -2.58. The predicted octanol–water partition coefficient (Wildman–Crippen LogP) is 21.4. The van der Waals surface area contributed by atoms with E-state index in [0.717, 1.165) is 288 Å². The molecular formula is C107H160O13. The van der Waals surface area contributed by atoms with Crippen LogP contribution in [-0.4, -0.2) is 80.7 Å². The second-order valence-electron chi connectivity index (χ2n) is 50.7. The molecule has 120 heavy (non-hydrogen) atoms. The molecule has 0 amide bonds. The lowest BCUT2D eigenvalue weighted by atomic mass is 9.50. The average Bonchev–Trinajstić information content (AvgIpc) is 1.53. The zero-order valence-corrected chi connectivity index (χ0v) is 76.6. The Balaban J connectivity index is 0.0000000880. The fourth-order valence-corrected chi connectivity index (χ4v) is 43.3. The van der Waals surface area contributed by atoms with Gasteiger partial charge in [-0.3, -0.25) is 24.0 Å². The molecule has 1 heterocycles. The van der Waals surface area contributed by atoms with E-state index in [0.29, 0.717) is 48.0 Å². The van der Waals surface area contributed by atoms with E-state index in [4.69, 9.17) is 37.9 Å². The second kappa shape index (κ2) is 30.2. The average molecular weight is 1650 g/mol. The molecule has 29 rings (SSSR count). The molecule has 29 aliphatic rings. The van der Waals surface area contributed by atoms with Gasteiger partial charge >= 0.3 is 29.8 Å². The molecule has 0 N–H and O–H groups in total. The van der Waals surface area contributed by atoms with Crippen LogP contribution in [0.5, 0.6) is 0 Å². The summed E-state index contributed by atoms with van der Waals surface area (Å²) in [4.78, 5) is 64.5. The molecular weight excluding hydrogens is 1490 g/mol. The van der Waals surface area contributed by atoms with Crippen molar-refractivity contribution in [2.75, 3.05) is 27.1 Å². The molecule has 666 valence electrons. The van der Waals surface area contributed by atoms with Crippen LogP contribution in [0.2, 0.25) is 0 Å². The molecule has 13 nitrogen and oxygen atoms in total. The fraction of sp³-hybridized carbons (Fsp3) is 0.953. The molecule has 0 aromatic rings. The molecule has 13 heteroatoms. The van der Waals surface area contributed by atoms with Gasteiger partial charge in [-0.05, 0) is 479 Å². The molecule has 28 bridgehead atoms. The SMILES string of the molecule is CC1C(C)C2CC1C1C3CC(C(=O)OC4(C)C5CC6CC(C5)CC4C6)C(C3)C21.CC1C(C)C2CC1C1C3CC(C(=O)OC45CC6CC(CC(C6)C4)C5)C(C3)C21.CC1C(C)C2CC1C1C3CC(C(=O)OC4CCCCO4)C(C3)C21.CCOC(C)OC(=O)C1CC2CC1C1C3CC(C(C)C3C)C21.COCOC(=O)C1CC2CC1C1C3CC(C(C)C3C)C21. The topological polar surface area (TPSA) is 159 Å². The van der Waals surface area contributed by atoms with Gasteiger partial charge in [-0.1, -0.05) is 69.2 Å². The second-order valence-corrected chi connectivity index (χ2v) is 50.7. The van der Waals surface area contributed by atoms with Gasteiger partial charge in [-0.25, -0.2) is 0 Å². The third-order valence-corrected chi connectivity index (χ3v) is 47.5. The molecule has 0 aromatic carbocycles. The van der Waals surface area contributed by atoms with Crippen LogP contribution in [0.4, 0.5) is 0 Å². The standard InChI is InChI=1S/C26H38O2.C25H36O2.C20H30O3.C19H30O3.C17H26O3/c1-12-13(2)20-11-19(12)23-16-9-21(24(20)23)22(10-16)25(27)28-26(3)17-5-14-4-15(7-17)8-18(26)6-14;1-12-13(2)19-8-18(12)22-17-6-20(23(19)22)21(7-17)24(26)27-25-9-14-3-15(10-25)5-16(4-14)11-25;1-10-11(2)14-9-13(10)18-12-7-15(19(14)18)16(8-12)20(21)23-17-5-3-4-6-22-17;1-5-21-11(4)22-19(20)16-7-12-6-15(16)18-14-8-13(17(12)18)9(2)10(14)3;1-8-9(2)12-6-11(8)15-10-4-13(16(12)15)14(5-10)17(18)20-7-19-3/h12-24H,4-11H2,1-3H3;12-23H,3-11H2,1-2H3;10-19H,3-9H2,1-2H3;9-18H,5-8H2,1-4H3;8-16H,4-7H2,1-3H3. The first kappa shape index (κ1) is 81.7. The van der Waals surface area contributed by atoms with E-state index in [2.05, 4.69) is 76.2 Å². The molecule has 28 aliphatic carbocycles. The Kier molecular flexibility index (Phi) is 20.5. The molecule has 29 fully saturated rings. The minimum atomic E-state index is -0.397. The summed E-state index contributed by atoms with van der Waals surface area (Å²) in [6, 6.07) is 0. The first-order valence-corrected chi connectivity index (χ1v) is 52.5. The van der Waals surface area contributed by atoms with Crippen LogP contribution in [0, 0.1) is 308 Å². The number of hydrogen-bond donors (Lipinski definition) is 0. The summed E-state index contributed by atoms with van der Waals surface area (Å²) in [5.41, 5.74) is -0.175. The highest BCUT2D eigenvalue weighted by Gasteiger charge is 2.74. The Morgan fingerprint density at radius 3 is 1.00 bits per heavy atom.